The highest BCUT2D eigenvalue weighted by Gasteiger charge is 2.06. The third kappa shape index (κ3) is 3.17. The number of anilines is 1. The van der Waals surface area contributed by atoms with Crippen molar-refractivity contribution in [1.82, 2.24) is 9.97 Å². The van der Waals surface area contributed by atoms with Gasteiger partial charge in [-0.25, -0.2) is 9.97 Å². The summed E-state index contributed by atoms with van der Waals surface area (Å²) in [6.07, 6.45) is 1.73. The van der Waals surface area contributed by atoms with Gasteiger partial charge in [-0.1, -0.05) is 30.3 Å². The molecule has 1 aromatic heterocycles. The smallest absolute Gasteiger partial charge is 0.255 e. The predicted molar refractivity (Wildman–Crippen MR) is 86.6 cm³/mol. The number of hydrogen-bond donors (Lipinski definition) is 1. The molecule has 2 aromatic carbocycles. The number of nitrogens with zero attached hydrogens (tertiary/aromatic N) is 2. The molecule has 0 aliphatic heterocycles. The molecule has 1 amide bonds. The molecule has 0 aliphatic carbocycles. The second-order valence-electron chi connectivity index (χ2n) is 4.89. The van der Waals surface area contributed by atoms with E-state index in [2.05, 4.69) is 15.3 Å². The molecule has 0 fully saturated rings. The number of amides is 1. The highest BCUT2D eigenvalue weighted by atomic mass is 16.1. The Labute approximate surface area is 128 Å². The van der Waals surface area contributed by atoms with Crippen LogP contribution in [0.5, 0.6) is 0 Å². The van der Waals surface area contributed by atoms with Crippen molar-refractivity contribution in [3.8, 4) is 11.3 Å². The van der Waals surface area contributed by atoms with Crippen LogP contribution in [-0.4, -0.2) is 15.9 Å². The van der Waals surface area contributed by atoms with E-state index in [-0.39, 0.29) is 5.91 Å². The summed E-state index contributed by atoms with van der Waals surface area (Å²) in [6.45, 7) is 1.85. The number of aromatic nitrogens is 2. The largest absolute Gasteiger partial charge is 0.322 e. The highest BCUT2D eigenvalue weighted by Crippen LogP contribution is 2.21. The summed E-state index contributed by atoms with van der Waals surface area (Å²) in [6, 6.07) is 18.6. The van der Waals surface area contributed by atoms with Crippen molar-refractivity contribution in [3.63, 3.8) is 0 Å². The molecule has 4 heteroatoms. The van der Waals surface area contributed by atoms with Gasteiger partial charge >= 0.3 is 0 Å². The molecular formula is C18H15N3O. The Morgan fingerprint density at radius 2 is 1.82 bits per heavy atom. The van der Waals surface area contributed by atoms with Crippen molar-refractivity contribution in [2.75, 3.05) is 5.32 Å². The van der Waals surface area contributed by atoms with E-state index in [1.54, 1.807) is 18.3 Å². The van der Waals surface area contributed by atoms with Gasteiger partial charge in [0.15, 0.2) is 0 Å². The zero-order valence-corrected chi connectivity index (χ0v) is 12.2. The van der Waals surface area contributed by atoms with E-state index >= 15 is 0 Å². The van der Waals surface area contributed by atoms with Gasteiger partial charge in [0.05, 0.1) is 5.69 Å². The summed E-state index contributed by atoms with van der Waals surface area (Å²) in [5.41, 5.74) is 3.15. The van der Waals surface area contributed by atoms with E-state index in [1.807, 2.05) is 55.5 Å². The topological polar surface area (TPSA) is 54.9 Å². The first-order chi connectivity index (χ1) is 10.7. The molecule has 4 nitrogen and oxygen atoms in total. The van der Waals surface area contributed by atoms with Gasteiger partial charge in [0.2, 0.25) is 0 Å². The second kappa shape index (κ2) is 6.18. The fraction of sp³-hybridized carbons (Fsp3) is 0.0556. The lowest BCUT2D eigenvalue weighted by atomic mass is 10.1. The van der Waals surface area contributed by atoms with Crippen LogP contribution in [0.25, 0.3) is 11.3 Å². The van der Waals surface area contributed by atoms with Crippen LogP contribution < -0.4 is 5.32 Å². The molecule has 1 N–H and O–H groups in total. The van der Waals surface area contributed by atoms with Crippen molar-refractivity contribution >= 4 is 11.6 Å². The summed E-state index contributed by atoms with van der Waals surface area (Å²) in [7, 11) is 0. The molecule has 0 atom stereocenters. The molecule has 108 valence electrons. The quantitative estimate of drug-likeness (QED) is 0.799. The van der Waals surface area contributed by atoms with E-state index in [0.717, 1.165) is 22.8 Å². The highest BCUT2D eigenvalue weighted by molar-refractivity contribution is 6.04. The summed E-state index contributed by atoms with van der Waals surface area (Å²) < 4.78 is 0. The summed E-state index contributed by atoms with van der Waals surface area (Å²) in [5.74, 6) is 0.591. The van der Waals surface area contributed by atoms with Gasteiger partial charge in [0.1, 0.15) is 5.82 Å². The summed E-state index contributed by atoms with van der Waals surface area (Å²) in [4.78, 5) is 20.7. The maximum Gasteiger partial charge on any atom is 0.255 e. The molecule has 0 radical (unpaired) electrons. The van der Waals surface area contributed by atoms with Crippen LogP contribution in [0.4, 0.5) is 5.69 Å². The molecule has 0 aliphatic rings. The fourth-order valence-electron chi connectivity index (χ4n) is 2.17. The number of hydrogen-bond acceptors (Lipinski definition) is 3. The van der Waals surface area contributed by atoms with E-state index < -0.39 is 0 Å². The standard InChI is InChI=1S/C18H15N3O/c1-13-19-11-10-17(20-13)15-8-5-9-16(12-15)21-18(22)14-6-3-2-4-7-14/h2-12H,1H3,(H,21,22). The number of rotatable bonds is 3. The Morgan fingerprint density at radius 1 is 1.00 bits per heavy atom. The van der Waals surface area contributed by atoms with Gasteiger partial charge in [-0.3, -0.25) is 4.79 Å². The van der Waals surface area contributed by atoms with Crippen LogP contribution in [0, 0.1) is 6.92 Å². The van der Waals surface area contributed by atoms with Crippen LogP contribution in [0.3, 0.4) is 0 Å². The maximum atomic E-state index is 12.2. The predicted octanol–water partition coefficient (Wildman–Crippen LogP) is 3.70. The Hall–Kier alpha value is -3.01. The van der Waals surface area contributed by atoms with E-state index in [9.17, 15) is 4.79 Å². The maximum absolute atomic E-state index is 12.2. The van der Waals surface area contributed by atoms with Crippen molar-refractivity contribution in [3.05, 3.63) is 78.2 Å². The van der Waals surface area contributed by atoms with Gasteiger partial charge in [-0.15, -0.1) is 0 Å². The number of benzene rings is 2. The second-order valence-corrected chi connectivity index (χ2v) is 4.89. The van der Waals surface area contributed by atoms with Crippen LogP contribution in [0.2, 0.25) is 0 Å². The molecule has 22 heavy (non-hydrogen) atoms. The normalized spacial score (nSPS) is 10.2. The van der Waals surface area contributed by atoms with Crippen LogP contribution in [0.15, 0.2) is 66.9 Å². The average Bonchev–Trinajstić information content (AvgIpc) is 2.56. The van der Waals surface area contributed by atoms with Gasteiger partial charge < -0.3 is 5.32 Å². The number of carbonyl (C=O) groups is 1. The zero-order chi connectivity index (χ0) is 15.4. The number of nitrogens with one attached hydrogen (secondary N) is 1. The monoisotopic (exact) mass is 289 g/mol. The zero-order valence-electron chi connectivity index (χ0n) is 12.2. The number of carbonyl (C=O) groups excluding carboxylic acids is 1. The minimum absolute atomic E-state index is 0.128. The SMILES string of the molecule is Cc1nccc(-c2cccc(NC(=O)c3ccccc3)c2)n1. The lowest BCUT2D eigenvalue weighted by molar-refractivity contribution is 0.102. The van der Waals surface area contributed by atoms with Gasteiger partial charge in [-0.2, -0.15) is 0 Å². The lowest BCUT2D eigenvalue weighted by Crippen LogP contribution is -2.11. The summed E-state index contributed by atoms with van der Waals surface area (Å²) >= 11 is 0. The Balaban J connectivity index is 1.84. The van der Waals surface area contributed by atoms with Crippen molar-refractivity contribution in [2.45, 2.75) is 6.92 Å². The minimum Gasteiger partial charge on any atom is -0.322 e. The average molecular weight is 289 g/mol. The van der Waals surface area contributed by atoms with Gasteiger partial charge in [-0.05, 0) is 37.3 Å². The molecule has 1 heterocycles. The Bertz CT molecular complexity index is 800. The minimum atomic E-state index is -0.128. The van der Waals surface area contributed by atoms with Crippen LogP contribution in [-0.2, 0) is 0 Å². The van der Waals surface area contributed by atoms with Crippen molar-refractivity contribution in [1.29, 1.82) is 0 Å². The summed E-state index contributed by atoms with van der Waals surface area (Å²) in [5, 5.41) is 2.90. The molecule has 0 spiro atoms. The molecule has 0 saturated heterocycles. The van der Waals surface area contributed by atoms with E-state index in [0.29, 0.717) is 5.56 Å². The molecule has 0 saturated carbocycles. The number of aryl methyl sites for hydroxylation is 1. The van der Waals surface area contributed by atoms with Crippen molar-refractivity contribution < 1.29 is 4.79 Å². The first kappa shape index (κ1) is 13.9. The van der Waals surface area contributed by atoms with Crippen LogP contribution >= 0.6 is 0 Å². The molecule has 3 rings (SSSR count). The van der Waals surface area contributed by atoms with Crippen LogP contribution in [0.1, 0.15) is 16.2 Å². The van der Waals surface area contributed by atoms with Crippen molar-refractivity contribution in [2.24, 2.45) is 0 Å². The molecule has 3 aromatic rings. The Kier molecular flexibility index (Phi) is 3.92. The third-order valence-corrected chi connectivity index (χ3v) is 3.23. The first-order valence-corrected chi connectivity index (χ1v) is 6.99. The first-order valence-electron chi connectivity index (χ1n) is 6.99. The van der Waals surface area contributed by atoms with Gasteiger partial charge in [0.25, 0.3) is 5.91 Å². The van der Waals surface area contributed by atoms with E-state index in [4.69, 9.17) is 0 Å². The van der Waals surface area contributed by atoms with E-state index in [1.165, 1.54) is 0 Å². The fourth-order valence-corrected chi connectivity index (χ4v) is 2.17. The molecule has 0 unspecified atom stereocenters. The molecular weight excluding hydrogens is 274 g/mol. The third-order valence-electron chi connectivity index (χ3n) is 3.23. The Morgan fingerprint density at radius 3 is 2.59 bits per heavy atom. The lowest BCUT2D eigenvalue weighted by Gasteiger charge is -2.07. The molecule has 0 bridgehead atoms. The van der Waals surface area contributed by atoms with Gasteiger partial charge in [0, 0.05) is 23.0 Å².